The summed E-state index contributed by atoms with van der Waals surface area (Å²) in [4.78, 5) is 30.5. The Morgan fingerprint density at radius 2 is 1.97 bits per heavy atom. The number of ether oxygens (including phenoxy) is 3. The number of benzene rings is 2. The second-order valence-corrected chi connectivity index (χ2v) is 10.2. The van der Waals surface area contributed by atoms with Crippen molar-refractivity contribution >= 4 is 50.6 Å². The molecule has 0 amide bonds. The van der Waals surface area contributed by atoms with Crippen molar-refractivity contribution in [2.45, 2.75) is 64.9 Å². The lowest BCUT2D eigenvalue weighted by atomic mass is 9.88. The third-order valence-corrected chi connectivity index (χ3v) is 7.87. The van der Waals surface area contributed by atoms with E-state index in [-0.39, 0.29) is 28.9 Å². The Balaban J connectivity index is 1.77. The average Bonchev–Trinajstić information content (AvgIpc) is 2.93. The van der Waals surface area contributed by atoms with Gasteiger partial charge in [-0.2, -0.15) is 9.78 Å². The van der Waals surface area contributed by atoms with E-state index in [1.165, 1.54) is 11.1 Å². The number of nitrogens with zero attached hydrogens (tertiary/aromatic N) is 3. The SMILES string of the molecule is CCOC(=O)[C@@H](C)Oc1c(OCC)cc(C=Nn2c(C3CCCCC3)nc3ccccc3c2=O)c(Br)c1Cl. The van der Waals surface area contributed by atoms with Crippen LogP contribution in [-0.4, -0.2) is 41.2 Å². The molecule has 8 nitrogen and oxygen atoms in total. The maximum atomic E-state index is 13.5. The number of halogens is 2. The number of para-hydroxylation sites is 1. The normalized spacial score (nSPS) is 15.1. The monoisotopic (exact) mass is 603 g/mol. The van der Waals surface area contributed by atoms with Crippen LogP contribution in [0.5, 0.6) is 11.5 Å². The Kier molecular flexibility index (Phi) is 9.44. The molecule has 4 rings (SSSR count). The minimum Gasteiger partial charge on any atom is -0.490 e. The highest BCUT2D eigenvalue weighted by Gasteiger charge is 2.25. The van der Waals surface area contributed by atoms with E-state index in [4.69, 9.17) is 30.8 Å². The summed E-state index contributed by atoms with van der Waals surface area (Å²) in [7, 11) is 0. The van der Waals surface area contributed by atoms with Gasteiger partial charge in [-0.15, -0.1) is 0 Å². The van der Waals surface area contributed by atoms with Crippen LogP contribution in [0.4, 0.5) is 0 Å². The summed E-state index contributed by atoms with van der Waals surface area (Å²) < 4.78 is 18.6. The molecule has 1 atom stereocenters. The van der Waals surface area contributed by atoms with Crippen LogP contribution in [0, 0.1) is 0 Å². The second kappa shape index (κ2) is 12.8. The van der Waals surface area contributed by atoms with Gasteiger partial charge in [0.1, 0.15) is 10.8 Å². The topological polar surface area (TPSA) is 92.0 Å². The number of fused-ring (bicyclic) bond motifs is 1. The maximum absolute atomic E-state index is 13.5. The minimum absolute atomic E-state index is 0.157. The highest BCUT2D eigenvalue weighted by Crippen LogP contribution is 2.43. The summed E-state index contributed by atoms with van der Waals surface area (Å²) in [6, 6.07) is 9.03. The quantitative estimate of drug-likeness (QED) is 0.205. The van der Waals surface area contributed by atoms with Gasteiger partial charge in [0.05, 0.1) is 30.3 Å². The average molecular weight is 605 g/mol. The van der Waals surface area contributed by atoms with E-state index in [1.807, 2.05) is 25.1 Å². The predicted molar refractivity (Wildman–Crippen MR) is 152 cm³/mol. The van der Waals surface area contributed by atoms with Crippen molar-refractivity contribution in [3.05, 3.63) is 61.6 Å². The molecule has 1 aromatic heterocycles. The molecule has 1 aliphatic rings. The number of carbonyl (C=O) groups excluding carboxylic acids is 1. The molecule has 1 heterocycles. The van der Waals surface area contributed by atoms with E-state index < -0.39 is 12.1 Å². The van der Waals surface area contributed by atoms with Crippen molar-refractivity contribution in [2.24, 2.45) is 5.10 Å². The zero-order chi connectivity index (χ0) is 27.2. The molecular weight excluding hydrogens is 574 g/mol. The summed E-state index contributed by atoms with van der Waals surface area (Å²) in [6.45, 7) is 5.73. The van der Waals surface area contributed by atoms with Gasteiger partial charge in [-0.1, -0.05) is 43.0 Å². The molecule has 2 aromatic carbocycles. The molecule has 0 spiro atoms. The van der Waals surface area contributed by atoms with E-state index in [0.717, 1.165) is 25.7 Å². The van der Waals surface area contributed by atoms with Gasteiger partial charge in [-0.25, -0.2) is 9.78 Å². The van der Waals surface area contributed by atoms with Crippen molar-refractivity contribution in [3.63, 3.8) is 0 Å². The molecule has 1 aliphatic carbocycles. The van der Waals surface area contributed by atoms with Crippen LogP contribution in [0.1, 0.15) is 70.2 Å². The molecule has 0 N–H and O–H groups in total. The lowest BCUT2D eigenvalue weighted by Gasteiger charge is -2.23. The van der Waals surface area contributed by atoms with Gasteiger partial charge in [0.15, 0.2) is 17.6 Å². The first-order valence-corrected chi connectivity index (χ1v) is 14.1. The van der Waals surface area contributed by atoms with Crippen molar-refractivity contribution in [1.82, 2.24) is 9.66 Å². The molecule has 0 saturated heterocycles. The molecule has 1 saturated carbocycles. The number of carbonyl (C=O) groups is 1. The molecule has 0 unspecified atom stereocenters. The van der Waals surface area contributed by atoms with Crippen LogP contribution >= 0.6 is 27.5 Å². The van der Waals surface area contributed by atoms with Crippen LogP contribution < -0.4 is 15.0 Å². The van der Waals surface area contributed by atoms with Crippen LogP contribution in [0.3, 0.4) is 0 Å². The summed E-state index contributed by atoms with van der Waals surface area (Å²) in [5, 5.41) is 5.33. The molecular formula is C28H31BrClN3O5. The third kappa shape index (κ3) is 6.04. The number of hydrogen-bond donors (Lipinski definition) is 0. The zero-order valence-electron chi connectivity index (χ0n) is 21.7. The minimum atomic E-state index is -0.890. The standard InChI is InChI=1S/C28H31BrClN3O5/c1-4-36-22-15-19(23(29)24(30)25(22)38-17(3)28(35)37-5-2)16-31-33-26(18-11-7-6-8-12-18)32-21-14-10-9-13-20(21)27(33)34/h9-10,13-18H,4-8,11-12H2,1-3H3/t17-/m1/s1. The Morgan fingerprint density at radius 1 is 1.24 bits per heavy atom. The van der Waals surface area contributed by atoms with E-state index in [0.29, 0.717) is 39.1 Å². The Bertz CT molecular complexity index is 1400. The first-order valence-electron chi connectivity index (χ1n) is 12.9. The van der Waals surface area contributed by atoms with E-state index in [1.54, 1.807) is 32.2 Å². The molecule has 3 aromatic rings. The van der Waals surface area contributed by atoms with Crippen molar-refractivity contribution in [2.75, 3.05) is 13.2 Å². The highest BCUT2D eigenvalue weighted by atomic mass is 79.9. The van der Waals surface area contributed by atoms with Gasteiger partial charge in [0, 0.05) is 16.0 Å². The number of rotatable bonds is 9. The fraction of sp³-hybridized carbons (Fsp3) is 0.429. The lowest BCUT2D eigenvalue weighted by Crippen LogP contribution is -2.26. The summed E-state index contributed by atoms with van der Waals surface area (Å²) in [5.74, 6) is 0.871. The fourth-order valence-electron chi connectivity index (χ4n) is 4.55. The Hall–Kier alpha value is -2.91. The summed E-state index contributed by atoms with van der Waals surface area (Å²) in [6.07, 6.45) is 5.99. The predicted octanol–water partition coefficient (Wildman–Crippen LogP) is 6.47. The van der Waals surface area contributed by atoms with Crippen LogP contribution in [0.15, 0.2) is 44.7 Å². The number of aromatic nitrogens is 2. The van der Waals surface area contributed by atoms with Gasteiger partial charge in [0.25, 0.3) is 5.56 Å². The first-order chi connectivity index (χ1) is 18.3. The molecule has 202 valence electrons. The molecule has 10 heteroatoms. The van der Waals surface area contributed by atoms with Gasteiger partial charge in [-0.3, -0.25) is 4.79 Å². The van der Waals surface area contributed by atoms with E-state index >= 15 is 0 Å². The number of esters is 1. The van der Waals surface area contributed by atoms with Crippen LogP contribution in [-0.2, 0) is 9.53 Å². The molecule has 1 fully saturated rings. The van der Waals surface area contributed by atoms with Crippen LogP contribution in [0.25, 0.3) is 10.9 Å². The van der Waals surface area contributed by atoms with Crippen molar-refractivity contribution in [1.29, 1.82) is 0 Å². The third-order valence-electron chi connectivity index (χ3n) is 6.43. The van der Waals surface area contributed by atoms with Crippen molar-refractivity contribution < 1.29 is 19.0 Å². The first kappa shape index (κ1) is 28.1. The van der Waals surface area contributed by atoms with Gasteiger partial charge in [-0.05, 0) is 67.7 Å². The summed E-state index contributed by atoms with van der Waals surface area (Å²) >= 11 is 10.2. The Labute approximate surface area is 235 Å². The number of hydrogen-bond acceptors (Lipinski definition) is 7. The molecule has 0 bridgehead atoms. The largest absolute Gasteiger partial charge is 0.490 e. The molecule has 0 radical (unpaired) electrons. The molecule has 0 aliphatic heterocycles. The van der Waals surface area contributed by atoms with Gasteiger partial charge < -0.3 is 14.2 Å². The fourth-order valence-corrected chi connectivity index (χ4v) is 5.20. The lowest BCUT2D eigenvalue weighted by molar-refractivity contribution is -0.150. The van der Waals surface area contributed by atoms with Crippen molar-refractivity contribution in [3.8, 4) is 11.5 Å². The van der Waals surface area contributed by atoms with E-state index in [9.17, 15) is 9.59 Å². The second-order valence-electron chi connectivity index (χ2n) is 9.05. The van der Waals surface area contributed by atoms with Gasteiger partial charge in [0.2, 0.25) is 0 Å². The highest BCUT2D eigenvalue weighted by molar-refractivity contribution is 9.10. The Morgan fingerprint density at radius 3 is 2.68 bits per heavy atom. The smallest absolute Gasteiger partial charge is 0.347 e. The van der Waals surface area contributed by atoms with E-state index in [2.05, 4.69) is 21.0 Å². The zero-order valence-corrected chi connectivity index (χ0v) is 24.0. The molecule has 38 heavy (non-hydrogen) atoms. The summed E-state index contributed by atoms with van der Waals surface area (Å²) in [5.41, 5.74) is 1.02. The maximum Gasteiger partial charge on any atom is 0.347 e. The van der Waals surface area contributed by atoms with Gasteiger partial charge >= 0.3 is 5.97 Å². The van der Waals surface area contributed by atoms with Crippen LogP contribution in [0.2, 0.25) is 5.02 Å².